The minimum Gasteiger partial charge on any atom is -0.465 e. The first-order valence-electron chi connectivity index (χ1n) is 9.04. The van der Waals surface area contributed by atoms with Crippen molar-refractivity contribution in [2.24, 2.45) is 0 Å². The van der Waals surface area contributed by atoms with Crippen molar-refractivity contribution < 1.29 is 9.53 Å². The standard InChI is InChI=1S/C18H23BrN4O2S2/c1-25-17(24)15-13-6-4-2-3-5-7-14(13)27-16(15)22-18(26)20-8-9-23-11-12(19)10-21-23/h10-11H,2-9H2,1H3,(H2,20,22,26). The number of fused-ring (bicyclic) bond motifs is 1. The van der Waals surface area contributed by atoms with Crippen molar-refractivity contribution in [2.45, 2.75) is 45.1 Å². The summed E-state index contributed by atoms with van der Waals surface area (Å²) in [6.07, 6.45) is 10.3. The number of hydrogen-bond acceptors (Lipinski definition) is 5. The van der Waals surface area contributed by atoms with Crippen molar-refractivity contribution in [1.29, 1.82) is 0 Å². The lowest BCUT2D eigenvalue weighted by molar-refractivity contribution is 0.0601. The fourth-order valence-electron chi connectivity index (χ4n) is 3.22. The van der Waals surface area contributed by atoms with E-state index in [1.807, 2.05) is 10.9 Å². The molecular weight excluding hydrogens is 448 g/mol. The fourth-order valence-corrected chi connectivity index (χ4v) is 5.10. The lowest BCUT2D eigenvalue weighted by atomic mass is 9.96. The molecule has 2 aromatic heterocycles. The minimum atomic E-state index is -0.292. The van der Waals surface area contributed by atoms with Crippen molar-refractivity contribution in [3.05, 3.63) is 32.9 Å². The van der Waals surface area contributed by atoms with E-state index in [0.717, 1.165) is 40.7 Å². The second kappa shape index (κ2) is 9.66. The van der Waals surface area contributed by atoms with E-state index in [2.05, 4.69) is 31.7 Å². The zero-order valence-corrected chi connectivity index (χ0v) is 18.4. The maximum Gasteiger partial charge on any atom is 0.341 e. The zero-order valence-electron chi connectivity index (χ0n) is 15.2. The third-order valence-electron chi connectivity index (χ3n) is 4.52. The Bertz CT molecular complexity index is 818. The zero-order chi connectivity index (χ0) is 19.2. The molecule has 1 aliphatic carbocycles. The van der Waals surface area contributed by atoms with Gasteiger partial charge >= 0.3 is 5.97 Å². The van der Waals surface area contributed by atoms with Crippen molar-refractivity contribution in [2.75, 3.05) is 19.0 Å². The Morgan fingerprint density at radius 2 is 2.15 bits per heavy atom. The van der Waals surface area contributed by atoms with E-state index < -0.39 is 0 Å². The SMILES string of the molecule is COC(=O)c1c(NC(=S)NCCn2cc(Br)cn2)sc2c1CCCCCC2. The van der Waals surface area contributed by atoms with Gasteiger partial charge in [-0.25, -0.2) is 4.79 Å². The number of carbonyl (C=O) groups is 1. The molecule has 146 valence electrons. The smallest absolute Gasteiger partial charge is 0.341 e. The van der Waals surface area contributed by atoms with Gasteiger partial charge in [0.15, 0.2) is 5.11 Å². The van der Waals surface area contributed by atoms with Gasteiger partial charge < -0.3 is 15.4 Å². The molecule has 9 heteroatoms. The number of ether oxygens (including phenoxy) is 1. The number of nitrogens with zero attached hydrogens (tertiary/aromatic N) is 2. The van der Waals surface area contributed by atoms with Gasteiger partial charge in [-0.2, -0.15) is 5.10 Å². The van der Waals surface area contributed by atoms with Crippen LogP contribution in [0.25, 0.3) is 0 Å². The highest BCUT2D eigenvalue weighted by Gasteiger charge is 2.25. The normalized spacial score (nSPS) is 14.0. The first-order valence-corrected chi connectivity index (χ1v) is 11.1. The molecule has 0 unspecified atom stereocenters. The number of hydrogen-bond donors (Lipinski definition) is 2. The van der Waals surface area contributed by atoms with Crippen molar-refractivity contribution in [1.82, 2.24) is 15.1 Å². The first kappa shape index (κ1) is 20.3. The van der Waals surface area contributed by atoms with Gasteiger partial charge in [0, 0.05) is 17.6 Å². The first-order chi connectivity index (χ1) is 13.1. The molecule has 0 saturated heterocycles. The Morgan fingerprint density at radius 1 is 1.37 bits per heavy atom. The van der Waals surface area contributed by atoms with Crippen LogP contribution in [-0.2, 0) is 24.1 Å². The summed E-state index contributed by atoms with van der Waals surface area (Å²) in [6, 6.07) is 0. The molecule has 0 aliphatic heterocycles. The minimum absolute atomic E-state index is 0.292. The van der Waals surface area contributed by atoms with Crippen molar-refractivity contribution >= 4 is 55.6 Å². The third-order valence-corrected chi connectivity index (χ3v) is 6.38. The van der Waals surface area contributed by atoms with Gasteiger partial charge in [0.1, 0.15) is 5.00 Å². The van der Waals surface area contributed by atoms with Crippen LogP contribution >= 0.6 is 39.5 Å². The molecule has 0 aromatic carbocycles. The molecule has 0 spiro atoms. The van der Waals surface area contributed by atoms with Crippen LogP contribution in [0, 0.1) is 0 Å². The van der Waals surface area contributed by atoms with Crippen LogP contribution < -0.4 is 10.6 Å². The van der Waals surface area contributed by atoms with Crippen LogP contribution in [0.3, 0.4) is 0 Å². The number of esters is 1. The number of nitrogens with one attached hydrogen (secondary N) is 2. The molecule has 3 rings (SSSR count). The maximum absolute atomic E-state index is 12.4. The maximum atomic E-state index is 12.4. The summed E-state index contributed by atoms with van der Waals surface area (Å²) in [5.74, 6) is -0.292. The van der Waals surface area contributed by atoms with Gasteiger partial charge in [-0.05, 0) is 59.4 Å². The van der Waals surface area contributed by atoms with Gasteiger partial charge in [-0.3, -0.25) is 4.68 Å². The van der Waals surface area contributed by atoms with E-state index >= 15 is 0 Å². The monoisotopic (exact) mass is 470 g/mol. The van der Waals surface area contributed by atoms with Gasteiger partial charge in [0.05, 0.1) is 29.9 Å². The van der Waals surface area contributed by atoms with Crippen LogP contribution in [0.1, 0.15) is 46.5 Å². The summed E-state index contributed by atoms with van der Waals surface area (Å²) in [4.78, 5) is 13.7. The quantitative estimate of drug-likeness (QED) is 0.505. The van der Waals surface area contributed by atoms with Crippen LogP contribution in [0.5, 0.6) is 0 Å². The van der Waals surface area contributed by atoms with E-state index in [1.54, 1.807) is 17.5 Å². The van der Waals surface area contributed by atoms with Gasteiger partial charge in [-0.15, -0.1) is 11.3 Å². The fraction of sp³-hybridized carbons (Fsp3) is 0.500. The Labute approximate surface area is 176 Å². The number of thiocarbonyl (C=S) groups is 1. The highest BCUT2D eigenvalue weighted by molar-refractivity contribution is 9.10. The number of carbonyl (C=O) groups excluding carboxylic acids is 1. The van der Waals surface area contributed by atoms with Crippen molar-refractivity contribution in [3.8, 4) is 0 Å². The molecule has 2 heterocycles. The Morgan fingerprint density at radius 3 is 2.85 bits per heavy atom. The largest absolute Gasteiger partial charge is 0.465 e. The lowest BCUT2D eigenvalue weighted by Crippen LogP contribution is -2.31. The van der Waals surface area contributed by atoms with Crippen LogP contribution in [-0.4, -0.2) is 34.5 Å². The Hall–Kier alpha value is -1.45. The lowest BCUT2D eigenvalue weighted by Gasteiger charge is -2.12. The predicted molar refractivity (Wildman–Crippen MR) is 116 cm³/mol. The highest BCUT2D eigenvalue weighted by Crippen LogP contribution is 2.37. The summed E-state index contributed by atoms with van der Waals surface area (Å²) < 4.78 is 7.82. The number of thiophene rings is 1. The van der Waals surface area contributed by atoms with E-state index in [-0.39, 0.29) is 5.97 Å². The summed E-state index contributed by atoms with van der Waals surface area (Å²) >= 11 is 10.4. The molecule has 1 aliphatic rings. The van der Waals surface area contributed by atoms with E-state index in [0.29, 0.717) is 23.8 Å². The highest BCUT2D eigenvalue weighted by atomic mass is 79.9. The third kappa shape index (κ3) is 5.30. The van der Waals surface area contributed by atoms with E-state index in [9.17, 15) is 4.79 Å². The molecule has 0 bridgehead atoms. The molecule has 0 amide bonds. The number of rotatable bonds is 5. The summed E-state index contributed by atoms with van der Waals surface area (Å²) in [6.45, 7) is 1.33. The molecule has 2 aromatic rings. The molecule has 0 saturated carbocycles. The predicted octanol–water partition coefficient (Wildman–Crippen LogP) is 4.14. The van der Waals surface area contributed by atoms with Gasteiger partial charge in [0.2, 0.25) is 0 Å². The number of aromatic nitrogens is 2. The summed E-state index contributed by atoms with van der Waals surface area (Å²) in [5.41, 5.74) is 1.79. The van der Waals surface area contributed by atoms with Gasteiger partial charge in [0.25, 0.3) is 0 Å². The topological polar surface area (TPSA) is 68.2 Å². The van der Waals surface area contributed by atoms with E-state index in [1.165, 1.54) is 24.8 Å². The average Bonchev–Trinajstić information content (AvgIpc) is 3.17. The number of aryl methyl sites for hydroxylation is 1. The second-order valence-electron chi connectivity index (χ2n) is 6.42. The molecule has 2 N–H and O–H groups in total. The Balaban J connectivity index is 1.68. The second-order valence-corrected chi connectivity index (χ2v) is 8.85. The molecular formula is C18H23BrN4O2S2. The molecule has 6 nitrogen and oxygen atoms in total. The molecule has 27 heavy (non-hydrogen) atoms. The van der Waals surface area contributed by atoms with E-state index in [4.69, 9.17) is 17.0 Å². The van der Waals surface area contributed by atoms with Gasteiger partial charge in [-0.1, -0.05) is 12.8 Å². The number of methoxy groups -OCH3 is 1. The number of anilines is 1. The molecule has 0 radical (unpaired) electrons. The summed E-state index contributed by atoms with van der Waals surface area (Å²) in [5, 5.41) is 11.9. The van der Waals surface area contributed by atoms with Crippen LogP contribution in [0.15, 0.2) is 16.9 Å². The average molecular weight is 471 g/mol. The van der Waals surface area contributed by atoms with Crippen LogP contribution in [0.2, 0.25) is 0 Å². The summed E-state index contributed by atoms with van der Waals surface area (Å²) in [7, 11) is 1.43. The molecule has 0 fully saturated rings. The Kier molecular flexibility index (Phi) is 7.26. The van der Waals surface area contributed by atoms with Crippen LogP contribution in [0.4, 0.5) is 5.00 Å². The van der Waals surface area contributed by atoms with Crippen molar-refractivity contribution in [3.63, 3.8) is 0 Å². The molecule has 0 atom stereocenters. The number of halogens is 1.